The van der Waals surface area contributed by atoms with Crippen LogP contribution in [0.5, 0.6) is 0 Å². The molecule has 0 radical (unpaired) electrons. The Hall–Kier alpha value is -1.93. The fraction of sp³-hybridized carbons (Fsp3) is 0.429. The zero-order chi connectivity index (χ0) is 15.9. The zero-order valence-corrected chi connectivity index (χ0v) is 12.6. The topological polar surface area (TPSA) is 104 Å². The van der Waals surface area contributed by atoms with Crippen molar-refractivity contribution < 1.29 is 23.1 Å². The number of nitrogens with zero attached hydrogens (tertiary/aromatic N) is 1. The number of carbonyl (C=O) groups is 2. The molecular weight excluding hydrogens is 308 g/mol. The van der Waals surface area contributed by atoms with E-state index < -0.39 is 21.9 Å². The van der Waals surface area contributed by atoms with Crippen LogP contribution in [0.4, 0.5) is 0 Å². The number of rotatable bonds is 3. The number of fused-ring (bicyclic) bond motifs is 1. The quantitative estimate of drug-likeness (QED) is 0.819. The largest absolute Gasteiger partial charge is 0.481 e. The van der Waals surface area contributed by atoms with Gasteiger partial charge in [0.15, 0.2) is 0 Å². The Morgan fingerprint density at radius 3 is 2.82 bits per heavy atom. The van der Waals surface area contributed by atoms with Crippen LogP contribution in [0.25, 0.3) is 0 Å². The highest BCUT2D eigenvalue weighted by molar-refractivity contribution is 7.89. The van der Waals surface area contributed by atoms with Crippen LogP contribution in [0.1, 0.15) is 22.3 Å². The summed E-state index contributed by atoms with van der Waals surface area (Å²) < 4.78 is 26.4. The normalized spacial score (nSPS) is 22.2. The van der Waals surface area contributed by atoms with E-state index in [1.165, 1.54) is 16.4 Å². The first-order valence-corrected chi connectivity index (χ1v) is 8.47. The Balaban J connectivity index is 1.92. The average Bonchev–Trinajstić information content (AvgIpc) is 2.98. The number of nitrogens with one attached hydrogen (secondary N) is 1. The molecule has 1 aromatic rings. The van der Waals surface area contributed by atoms with Crippen molar-refractivity contribution in [1.29, 1.82) is 0 Å². The molecule has 1 fully saturated rings. The lowest BCUT2D eigenvalue weighted by Gasteiger charge is -2.20. The summed E-state index contributed by atoms with van der Waals surface area (Å²) in [5.41, 5.74) is 1.20. The smallest absolute Gasteiger partial charge is 0.307 e. The lowest BCUT2D eigenvalue weighted by atomic mass is 10.0. The van der Waals surface area contributed by atoms with Crippen LogP contribution >= 0.6 is 0 Å². The molecule has 0 spiro atoms. The third kappa shape index (κ3) is 2.48. The van der Waals surface area contributed by atoms with Crippen molar-refractivity contribution in [3.05, 3.63) is 29.3 Å². The van der Waals surface area contributed by atoms with Gasteiger partial charge in [-0.25, -0.2) is 8.42 Å². The number of carbonyl (C=O) groups excluding carboxylic acids is 1. The van der Waals surface area contributed by atoms with Crippen LogP contribution < -0.4 is 5.32 Å². The summed E-state index contributed by atoms with van der Waals surface area (Å²) >= 11 is 0. The Morgan fingerprint density at radius 1 is 1.36 bits per heavy atom. The summed E-state index contributed by atoms with van der Waals surface area (Å²) in [6, 6.07) is 4.53. The third-order valence-electron chi connectivity index (χ3n) is 4.14. The number of carboxylic acid groups (broad SMARTS) is 1. The van der Waals surface area contributed by atoms with E-state index in [1.807, 2.05) is 0 Å². The summed E-state index contributed by atoms with van der Waals surface area (Å²) in [6.45, 7) is 0.702. The van der Waals surface area contributed by atoms with Crippen LogP contribution in [0.15, 0.2) is 23.1 Å². The fourth-order valence-electron chi connectivity index (χ4n) is 2.85. The molecule has 7 nitrogen and oxygen atoms in total. The second-order valence-electron chi connectivity index (χ2n) is 5.51. The molecule has 2 N–H and O–H groups in total. The lowest BCUT2D eigenvalue weighted by molar-refractivity contribution is -0.141. The van der Waals surface area contributed by atoms with E-state index in [0.29, 0.717) is 24.9 Å². The minimum atomic E-state index is -3.77. The predicted molar refractivity (Wildman–Crippen MR) is 77.0 cm³/mol. The van der Waals surface area contributed by atoms with E-state index >= 15 is 0 Å². The molecule has 1 atom stereocenters. The first-order chi connectivity index (χ1) is 10.4. The highest BCUT2D eigenvalue weighted by Crippen LogP contribution is 2.26. The van der Waals surface area contributed by atoms with Gasteiger partial charge >= 0.3 is 5.97 Å². The van der Waals surface area contributed by atoms with Gasteiger partial charge in [-0.15, -0.1) is 0 Å². The molecule has 0 saturated carbocycles. The molecule has 0 aliphatic carbocycles. The molecule has 1 amide bonds. The van der Waals surface area contributed by atoms with Gasteiger partial charge in [-0.3, -0.25) is 9.59 Å². The van der Waals surface area contributed by atoms with Crippen molar-refractivity contribution in [1.82, 2.24) is 9.62 Å². The van der Waals surface area contributed by atoms with Crippen LogP contribution in [0, 0.1) is 5.92 Å². The minimum Gasteiger partial charge on any atom is -0.481 e. The number of carboxylic acids is 1. The summed E-state index contributed by atoms with van der Waals surface area (Å²) in [5.74, 6) is -1.93. The van der Waals surface area contributed by atoms with Crippen molar-refractivity contribution in [2.45, 2.75) is 17.7 Å². The first kappa shape index (κ1) is 15.0. The standard InChI is InChI=1S/C14H16N2O5S/c17-13-12-7-11(2-1-9(12)3-5-15-13)22(20,21)16-6-4-10(8-16)14(18)19/h1-2,7,10H,3-6,8H2,(H,15,17)(H,18,19). The van der Waals surface area contributed by atoms with Crippen molar-refractivity contribution in [3.8, 4) is 0 Å². The van der Waals surface area contributed by atoms with Crippen LogP contribution in [0.2, 0.25) is 0 Å². The molecule has 0 bridgehead atoms. The molecular formula is C14H16N2O5S. The van der Waals surface area contributed by atoms with Crippen molar-refractivity contribution in [3.63, 3.8) is 0 Å². The number of benzene rings is 1. The van der Waals surface area contributed by atoms with Gasteiger partial charge in [0.2, 0.25) is 10.0 Å². The minimum absolute atomic E-state index is 0.0268. The van der Waals surface area contributed by atoms with E-state index in [0.717, 1.165) is 5.56 Å². The van der Waals surface area contributed by atoms with Gasteiger partial charge in [0.05, 0.1) is 10.8 Å². The SMILES string of the molecule is O=C1NCCc2ccc(S(=O)(=O)N3CCC(C(=O)O)C3)cc21. The highest BCUT2D eigenvalue weighted by atomic mass is 32.2. The molecule has 1 unspecified atom stereocenters. The van der Waals surface area contributed by atoms with Crippen LogP contribution in [-0.2, 0) is 21.2 Å². The molecule has 2 aliphatic rings. The molecule has 1 saturated heterocycles. The van der Waals surface area contributed by atoms with E-state index in [2.05, 4.69) is 5.32 Å². The summed E-state index contributed by atoms with van der Waals surface area (Å²) in [5, 5.41) is 11.7. The number of amides is 1. The van der Waals surface area contributed by atoms with Gasteiger partial charge in [0.25, 0.3) is 5.91 Å². The van der Waals surface area contributed by atoms with E-state index in [9.17, 15) is 18.0 Å². The van der Waals surface area contributed by atoms with E-state index in [-0.39, 0.29) is 23.9 Å². The average molecular weight is 324 g/mol. The number of hydrogen-bond acceptors (Lipinski definition) is 4. The molecule has 0 aromatic heterocycles. The van der Waals surface area contributed by atoms with E-state index in [4.69, 9.17) is 5.11 Å². The Labute approximate surface area is 128 Å². The Kier molecular flexibility index (Phi) is 3.65. The molecule has 118 valence electrons. The van der Waals surface area contributed by atoms with Gasteiger partial charge in [-0.1, -0.05) is 6.07 Å². The second-order valence-corrected chi connectivity index (χ2v) is 7.45. The fourth-order valence-corrected chi connectivity index (χ4v) is 4.38. The second kappa shape index (κ2) is 5.36. The molecule has 22 heavy (non-hydrogen) atoms. The maximum atomic E-state index is 12.6. The summed E-state index contributed by atoms with van der Waals surface area (Å²) in [7, 11) is -3.77. The molecule has 8 heteroatoms. The maximum absolute atomic E-state index is 12.6. The number of hydrogen-bond donors (Lipinski definition) is 2. The lowest BCUT2D eigenvalue weighted by Crippen LogP contribution is -2.33. The van der Waals surface area contributed by atoms with Crippen molar-refractivity contribution in [2.75, 3.05) is 19.6 Å². The predicted octanol–water partition coefficient (Wildman–Crippen LogP) is 0.0677. The van der Waals surface area contributed by atoms with Gasteiger partial charge in [0.1, 0.15) is 0 Å². The number of sulfonamides is 1. The highest BCUT2D eigenvalue weighted by Gasteiger charge is 2.36. The summed E-state index contributed by atoms with van der Waals surface area (Å²) in [6.07, 6.45) is 0.978. The van der Waals surface area contributed by atoms with Crippen LogP contribution in [0.3, 0.4) is 0 Å². The Bertz CT molecular complexity index is 744. The van der Waals surface area contributed by atoms with Crippen molar-refractivity contribution in [2.24, 2.45) is 5.92 Å². The first-order valence-electron chi connectivity index (χ1n) is 7.03. The van der Waals surface area contributed by atoms with Gasteiger partial charge < -0.3 is 10.4 Å². The molecule has 2 aliphatic heterocycles. The zero-order valence-electron chi connectivity index (χ0n) is 11.8. The molecule has 1 aromatic carbocycles. The van der Waals surface area contributed by atoms with Gasteiger partial charge in [-0.05, 0) is 30.5 Å². The molecule has 2 heterocycles. The van der Waals surface area contributed by atoms with Gasteiger partial charge in [0, 0.05) is 25.2 Å². The molecule has 3 rings (SSSR count). The maximum Gasteiger partial charge on any atom is 0.307 e. The monoisotopic (exact) mass is 324 g/mol. The number of aliphatic carboxylic acids is 1. The third-order valence-corrected chi connectivity index (χ3v) is 6.00. The van der Waals surface area contributed by atoms with Crippen LogP contribution in [-0.4, -0.2) is 49.3 Å². The van der Waals surface area contributed by atoms with E-state index in [1.54, 1.807) is 6.07 Å². The van der Waals surface area contributed by atoms with Crippen molar-refractivity contribution >= 4 is 21.9 Å². The Morgan fingerprint density at radius 2 is 2.14 bits per heavy atom. The van der Waals surface area contributed by atoms with Gasteiger partial charge in [-0.2, -0.15) is 4.31 Å². The summed E-state index contributed by atoms with van der Waals surface area (Å²) in [4.78, 5) is 22.8.